The zero-order chi connectivity index (χ0) is 16.8. The normalized spacial score (nSPS) is 22.2. The van der Waals surface area contributed by atoms with Gasteiger partial charge < -0.3 is 16.0 Å². The average Bonchev–Trinajstić information content (AvgIpc) is 3.12. The Bertz CT molecular complexity index is 531. The summed E-state index contributed by atoms with van der Waals surface area (Å²) in [6, 6.07) is 1.84. The highest BCUT2D eigenvalue weighted by Gasteiger charge is 2.31. The van der Waals surface area contributed by atoms with Crippen molar-refractivity contribution in [2.75, 3.05) is 50.7 Å². The number of rotatable bonds is 6. The van der Waals surface area contributed by atoms with Gasteiger partial charge in [0.25, 0.3) is 0 Å². The number of halogens is 3. The molecule has 1 amide bonds. The Morgan fingerprint density at radius 1 is 1.11 bits per heavy atom. The number of hydrogen-bond acceptors (Lipinski definition) is 6. The molecule has 2 fully saturated rings. The van der Waals surface area contributed by atoms with Gasteiger partial charge in [-0.25, -0.2) is 9.97 Å². The number of aromatic nitrogens is 2. The highest BCUT2D eigenvalue weighted by Crippen LogP contribution is 2.30. The summed E-state index contributed by atoms with van der Waals surface area (Å²) in [5.41, 5.74) is 5.77. The van der Waals surface area contributed by atoms with Crippen molar-refractivity contribution < 1.29 is 4.79 Å². The van der Waals surface area contributed by atoms with Crippen LogP contribution in [-0.2, 0) is 4.79 Å². The lowest BCUT2D eigenvalue weighted by Gasteiger charge is -2.34. The van der Waals surface area contributed by atoms with Crippen LogP contribution in [0.5, 0.6) is 0 Å². The molecule has 10 heteroatoms. The fourth-order valence-electron chi connectivity index (χ4n) is 3.76. The number of piperazine rings is 1. The van der Waals surface area contributed by atoms with Crippen molar-refractivity contribution in [2.24, 2.45) is 17.6 Å². The zero-order valence-corrected chi connectivity index (χ0v) is 17.9. The van der Waals surface area contributed by atoms with Crippen molar-refractivity contribution in [3.8, 4) is 0 Å². The molecule has 27 heavy (non-hydrogen) atoms. The number of carbonyl (C=O) groups is 1. The molecule has 0 aromatic carbocycles. The topological polar surface area (TPSA) is 87.4 Å². The summed E-state index contributed by atoms with van der Waals surface area (Å²) in [7, 11) is 0. The Labute approximate surface area is 180 Å². The summed E-state index contributed by atoms with van der Waals surface area (Å²) in [5.74, 6) is 1.50. The van der Waals surface area contributed by atoms with Crippen LogP contribution in [0.3, 0.4) is 0 Å². The van der Waals surface area contributed by atoms with Gasteiger partial charge in [-0.15, -0.1) is 37.2 Å². The molecule has 7 nitrogen and oxygen atoms in total. The third-order valence-corrected chi connectivity index (χ3v) is 5.23. The van der Waals surface area contributed by atoms with E-state index in [-0.39, 0.29) is 49.0 Å². The monoisotopic (exact) mass is 440 g/mol. The number of nitrogens with one attached hydrogen (secondary N) is 1. The molecule has 3 N–H and O–H groups in total. The fraction of sp³-hybridized carbons (Fsp3) is 0.706. The zero-order valence-electron chi connectivity index (χ0n) is 15.5. The van der Waals surface area contributed by atoms with Crippen LogP contribution < -0.4 is 16.0 Å². The number of nitrogens with zero attached hydrogens (tertiary/aromatic N) is 4. The SMILES string of the molecule is Cl.Cl.Cl.NC[C@H]1CCC[C@H]1C(=O)NCCN1CCN(c2ncccn2)CC1. The predicted octanol–water partition coefficient (Wildman–Crippen LogP) is 1.36. The van der Waals surface area contributed by atoms with Crippen molar-refractivity contribution in [2.45, 2.75) is 19.3 Å². The highest BCUT2D eigenvalue weighted by atomic mass is 35.5. The van der Waals surface area contributed by atoms with E-state index >= 15 is 0 Å². The van der Waals surface area contributed by atoms with E-state index in [0.29, 0.717) is 19.0 Å². The molecule has 0 spiro atoms. The van der Waals surface area contributed by atoms with Crippen LogP contribution in [0.25, 0.3) is 0 Å². The second kappa shape index (κ2) is 13.3. The standard InChI is InChI=1S/C17H28N6O.3ClH/c18-13-14-3-1-4-15(14)16(24)19-7-8-22-9-11-23(12-10-22)17-20-5-2-6-21-17;;;/h2,5-6,14-15H,1,3-4,7-13,18H2,(H,19,24);3*1H/t14-,15-;;;/m1.../s1. The summed E-state index contributed by atoms with van der Waals surface area (Å²) >= 11 is 0. The van der Waals surface area contributed by atoms with Crippen molar-refractivity contribution in [1.82, 2.24) is 20.2 Å². The van der Waals surface area contributed by atoms with Crippen LogP contribution in [0.2, 0.25) is 0 Å². The molecule has 2 atom stereocenters. The van der Waals surface area contributed by atoms with Crippen molar-refractivity contribution in [3.63, 3.8) is 0 Å². The molecule has 0 bridgehead atoms. The number of nitrogens with two attached hydrogens (primary N) is 1. The molecule has 1 aromatic heterocycles. The second-order valence-corrected chi connectivity index (χ2v) is 6.70. The molecule has 3 rings (SSSR count). The first-order valence-electron chi connectivity index (χ1n) is 9.00. The lowest BCUT2D eigenvalue weighted by atomic mass is 9.95. The van der Waals surface area contributed by atoms with Crippen LogP contribution in [0.1, 0.15) is 19.3 Å². The Hall–Kier alpha value is -0.860. The molecule has 1 aliphatic carbocycles. The van der Waals surface area contributed by atoms with E-state index in [1.807, 2.05) is 6.07 Å². The smallest absolute Gasteiger partial charge is 0.225 e. The van der Waals surface area contributed by atoms with Gasteiger partial charge in [0.05, 0.1) is 0 Å². The third-order valence-electron chi connectivity index (χ3n) is 5.23. The quantitative estimate of drug-likeness (QED) is 0.693. The first kappa shape index (κ1) is 26.1. The lowest BCUT2D eigenvalue weighted by Crippen LogP contribution is -2.49. The van der Waals surface area contributed by atoms with E-state index < -0.39 is 0 Å². The van der Waals surface area contributed by atoms with Gasteiger partial charge >= 0.3 is 0 Å². The molecule has 2 aliphatic rings. The minimum Gasteiger partial charge on any atom is -0.355 e. The predicted molar refractivity (Wildman–Crippen MR) is 115 cm³/mol. The lowest BCUT2D eigenvalue weighted by molar-refractivity contribution is -0.126. The Morgan fingerprint density at radius 3 is 2.41 bits per heavy atom. The number of amides is 1. The molecule has 156 valence electrons. The molecule has 0 unspecified atom stereocenters. The molecule has 1 saturated heterocycles. The van der Waals surface area contributed by atoms with E-state index in [1.165, 1.54) is 0 Å². The summed E-state index contributed by atoms with van der Waals surface area (Å²) in [6.45, 7) is 6.04. The van der Waals surface area contributed by atoms with Gasteiger partial charge in [-0.1, -0.05) is 6.42 Å². The maximum absolute atomic E-state index is 12.3. The summed E-state index contributed by atoms with van der Waals surface area (Å²) < 4.78 is 0. The van der Waals surface area contributed by atoms with E-state index in [0.717, 1.165) is 57.9 Å². The van der Waals surface area contributed by atoms with Crippen LogP contribution in [0.4, 0.5) is 5.95 Å². The van der Waals surface area contributed by atoms with Gasteiger partial charge in [0.1, 0.15) is 0 Å². The number of hydrogen-bond donors (Lipinski definition) is 2. The average molecular weight is 442 g/mol. The van der Waals surface area contributed by atoms with Crippen LogP contribution >= 0.6 is 37.2 Å². The minimum absolute atomic E-state index is 0. The summed E-state index contributed by atoms with van der Waals surface area (Å²) in [5, 5.41) is 3.10. The van der Waals surface area contributed by atoms with Gasteiger partial charge in [0.15, 0.2) is 0 Å². The van der Waals surface area contributed by atoms with Crippen LogP contribution in [0, 0.1) is 11.8 Å². The highest BCUT2D eigenvalue weighted by molar-refractivity contribution is 5.86. The molecule has 0 radical (unpaired) electrons. The fourth-order valence-corrected chi connectivity index (χ4v) is 3.76. The van der Waals surface area contributed by atoms with Crippen molar-refractivity contribution >= 4 is 49.1 Å². The molecular formula is C17H31Cl3N6O. The van der Waals surface area contributed by atoms with Gasteiger partial charge in [-0.2, -0.15) is 0 Å². The molecule has 1 saturated carbocycles. The third kappa shape index (κ3) is 7.23. The van der Waals surface area contributed by atoms with Gasteiger partial charge in [0, 0.05) is 57.6 Å². The Morgan fingerprint density at radius 2 is 1.78 bits per heavy atom. The van der Waals surface area contributed by atoms with Crippen molar-refractivity contribution in [1.29, 1.82) is 0 Å². The van der Waals surface area contributed by atoms with E-state index in [4.69, 9.17) is 5.73 Å². The Balaban J connectivity index is 0.00000225. The number of carbonyl (C=O) groups excluding carboxylic acids is 1. The van der Waals surface area contributed by atoms with Crippen LogP contribution in [-0.4, -0.2) is 66.6 Å². The molecule has 1 aliphatic heterocycles. The first-order valence-corrected chi connectivity index (χ1v) is 9.00. The maximum atomic E-state index is 12.3. The largest absolute Gasteiger partial charge is 0.355 e. The van der Waals surface area contributed by atoms with Crippen molar-refractivity contribution in [3.05, 3.63) is 18.5 Å². The summed E-state index contributed by atoms with van der Waals surface area (Å²) in [4.78, 5) is 25.5. The first-order chi connectivity index (χ1) is 11.8. The second-order valence-electron chi connectivity index (χ2n) is 6.70. The van der Waals surface area contributed by atoms with Gasteiger partial charge in [-0.3, -0.25) is 9.69 Å². The van der Waals surface area contributed by atoms with E-state index in [2.05, 4.69) is 25.1 Å². The maximum Gasteiger partial charge on any atom is 0.225 e. The van der Waals surface area contributed by atoms with E-state index in [9.17, 15) is 4.79 Å². The minimum atomic E-state index is 0. The molecule has 2 heterocycles. The Kier molecular flexibility index (Phi) is 12.9. The summed E-state index contributed by atoms with van der Waals surface area (Å²) in [6.07, 6.45) is 6.77. The van der Waals surface area contributed by atoms with Gasteiger partial charge in [-0.05, 0) is 31.4 Å². The van der Waals surface area contributed by atoms with Crippen LogP contribution in [0.15, 0.2) is 18.5 Å². The molecular weight excluding hydrogens is 411 g/mol. The van der Waals surface area contributed by atoms with Gasteiger partial charge in [0.2, 0.25) is 11.9 Å². The van der Waals surface area contributed by atoms with E-state index in [1.54, 1.807) is 12.4 Å². The molecule has 1 aromatic rings. The number of anilines is 1.